The second-order valence-corrected chi connectivity index (χ2v) is 8.54. The number of nitriles is 2. The molecule has 0 unspecified atom stereocenters. The van der Waals surface area contributed by atoms with Crippen LogP contribution in [0, 0.1) is 28.6 Å². The Labute approximate surface area is 190 Å². The van der Waals surface area contributed by atoms with Gasteiger partial charge in [0.2, 0.25) is 0 Å². The van der Waals surface area contributed by atoms with Crippen LogP contribution < -0.4 is 5.32 Å². The number of fused-ring (bicyclic) bond motifs is 3. The molecular formula is C25H23N7O. The van der Waals surface area contributed by atoms with Gasteiger partial charge >= 0.3 is 0 Å². The summed E-state index contributed by atoms with van der Waals surface area (Å²) >= 11 is 0. The van der Waals surface area contributed by atoms with Gasteiger partial charge in [-0.25, -0.2) is 9.97 Å². The van der Waals surface area contributed by atoms with Crippen LogP contribution in [0.4, 0.5) is 0 Å². The van der Waals surface area contributed by atoms with E-state index < -0.39 is 0 Å². The number of carbonyl (C=O) groups is 1. The van der Waals surface area contributed by atoms with Crippen LogP contribution in [-0.4, -0.2) is 25.4 Å². The number of carbonyl (C=O) groups excluding carboxylic acids is 1. The molecule has 4 aromatic rings. The normalized spacial score (nSPS) is 18.1. The summed E-state index contributed by atoms with van der Waals surface area (Å²) in [6, 6.07) is 13.2. The van der Waals surface area contributed by atoms with Gasteiger partial charge in [0.25, 0.3) is 5.91 Å². The van der Waals surface area contributed by atoms with Crippen LogP contribution in [0.5, 0.6) is 0 Å². The molecule has 1 aromatic carbocycles. The molecule has 0 atom stereocenters. The van der Waals surface area contributed by atoms with E-state index in [1.54, 1.807) is 30.5 Å². The number of benzene rings is 1. The maximum absolute atomic E-state index is 12.7. The Hall–Kier alpha value is -4.17. The lowest BCUT2D eigenvalue weighted by Crippen LogP contribution is -2.26. The Morgan fingerprint density at radius 3 is 2.67 bits per heavy atom. The van der Waals surface area contributed by atoms with E-state index in [2.05, 4.69) is 32.0 Å². The molecule has 2 N–H and O–H groups in total. The van der Waals surface area contributed by atoms with Gasteiger partial charge in [0.15, 0.2) is 0 Å². The lowest BCUT2D eigenvalue weighted by molar-refractivity contribution is 0.0949. The van der Waals surface area contributed by atoms with Crippen LogP contribution in [0.25, 0.3) is 22.1 Å². The minimum Gasteiger partial charge on any atom is -0.346 e. The maximum atomic E-state index is 12.7. The molecule has 1 amide bonds. The molecule has 0 aliphatic heterocycles. The standard InChI is InChI=1S/C25H23N7O/c26-11-9-16-3-7-19(8-4-16)32-22(15-30-25(33)18-5-1-17(13-27)2-6-18)31-21-14-29-24-20(23(21)32)10-12-28-24/h1-2,5-6,10,12,14,16,19H,3-4,7-9,15H2,(H,28,29)(H,30,33)/t16-,19-. The third-order valence-electron chi connectivity index (χ3n) is 6.55. The first kappa shape index (κ1) is 20.7. The van der Waals surface area contributed by atoms with Crippen molar-refractivity contribution in [2.75, 3.05) is 0 Å². The zero-order chi connectivity index (χ0) is 22.8. The van der Waals surface area contributed by atoms with Crippen molar-refractivity contribution in [1.82, 2.24) is 24.8 Å². The van der Waals surface area contributed by atoms with Crippen molar-refractivity contribution < 1.29 is 4.79 Å². The Bertz CT molecular complexity index is 1390. The van der Waals surface area contributed by atoms with Gasteiger partial charge in [-0.05, 0) is 61.9 Å². The smallest absolute Gasteiger partial charge is 0.251 e. The van der Waals surface area contributed by atoms with Gasteiger partial charge in [-0.2, -0.15) is 10.5 Å². The topological polar surface area (TPSA) is 123 Å². The van der Waals surface area contributed by atoms with Gasteiger partial charge in [0, 0.05) is 29.6 Å². The summed E-state index contributed by atoms with van der Waals surface area (Å²) in [6.07, 6.45) is 8.23. The molecule has 164 valence electrons. The van der Waals surface area contributed by atoms with Crippen molar-refractivity contribution in [2.24, 2.45) is 5.92 Å². The van der Waals surface area contributed by atoms with Crippen molar-refractivity contribution in [2.45, 2.75) is 44.7 Å². The molecule has 0 saturated heterocycles. The monoisotopic (exact) mass is 437 g/mol. The summed E-state index contributed by atoms with van der Waals surface area (Å²) in [4.78, 5) is 25.2. The number of pyridine rings is 1. The SMILES string of the molecule is N#CC[C@H]1CC[C@H](n2c(CNC(=O)c3ccc(C#N)cc3)nc3cnc4[nH]ccc4c32)CC1. The number of hydrogen-bond donors (Lipinski definition) is 2. The molecule has 8 nitrogen and oxygen atoms in total. The van der Waals surface area contributed by atoms with Crippen LogP contribution >= 0.6 is 0 Å². The summed E-state index contributed by atoms with van der Waals surface area (Å²) < 4.78 is 2.27. The minimum absolute atomic E-state index is 0.208. The van der Waals surface area contributed by atoms with Crippen LogP contribution in [0.2, 0.25) is 0 Å². The molecule has 8 heteroatoms. The van der Waals surface area contributed by atoms with Gasteiger partial charge in [0.1, 0.15) is 17.0 Å². The quantitative estimate of drug-likeness (QED) is 0.480. The average Bonchev–Trinajstić information content (AvgIpc) is 3.47. The third kappa shape index (κ3) is 3.92. The highest BCUT2D eigenvalue weighted by Gasteiger charge is 2.27. The molecule has 3 aromatic heterocycles. The van der Waals surface area contributed by atoms with Gasteiger partial charge in [-0.15, -0.1) is 0 Å². The molecule has 1 aliphatic rings. The number of rotatable bonds is 5. The summed E-state index contributed by atoms with van der Waals surface area (Å²) in [5.41, 5.74) is 3.68. The molecule has 1 fully saturated rings. The largest absolute Gasteiger partial charge is 0.346 e. The van der Waals surface area contributed by atoms with Crippen molar-refractivity contribution in [3.8, 4) is 12.1 Å². The van der Waals surface area contributed by atoms with Gasteiger partial charge in [-0.3, -0.25) is 4.79 Å². The van der Waals surface area contributed by atoms with Crippen LogP contribution in [-0.2, 0) is 6.54 Å². The zero-order valence-electron chi connectivity index (χ0n) is 18.1. The highest BCUT2D eigenvalue weighted by Crippen LogP contribution is 2.37. The Balaban J connectivity index is 1.46. The van der Waals surface area contributed by atoms with E-state index in [0.29, 0.717) is 23.5 Å². The first-order valence-electron chi connectivity index (χ1n) is 11.2. The van der Waals surface area contributed by atoms with Crippen LogP contribution in [0.1, 0.15) is 59.9 Å². The molecule has 0 spiro atoms. The summed E-state index contributed by atoms with van der Waals surface area (Å²) in [5, 5.41) is 22.0. The van der Waals surface area contributed by atoms with E-state index in [1.807, 2.05) is 12.3 Å². The highest BCUT2D eigenvalue weighted by molar-refractivity contribution is 6.01. The molecular weight excluding hydrogens is 414 g/mol. The summed E-state index contributed by atoms with van der Waals surface area (Å²) in [7, 11) is 0. The molecule has 33 heavy (non-hydrogen) atoms. The second kappa shape index (κ2) is 8.76. The number of amides is 1. The van der Waals surface area contributed by atoms with E-state index in [9.17, 15) is 4.79 Å². The first-order valence-corrected chi connectivity index (χ1v) is 11.2. The maximum Gasteiger partial charge on any atom is 0.251 e. The molecule has 1 saturated carbocycles. The van der Waals surface area contributed by atoms with E-state index >= 15 is 0 Å². The van der Waals surface area contributed by atoms with E-state index in [1.165, 1.54) is 0 Å². The van der Waals surface area contributed by atoms with Crippen molar-refractivity contribution in [3.63, 3.8) is 0 Å². The number of aromatic amines is 1. The number of H-pyrrole nitrogens is 1. The number of imidazole rings is 1. The minimum atomic E-state index is -0.208. The molecule has 5 rings (SSSR count). The molecule has 3 heterocycles. The Morgan fingerprint density at radius 1 is 1.15 bits per heavy atom. The fourth-order valence-corrected chi connectivity index (χ4v) is 4.85. The number of aromatic nitrogens is 4. The number of nitrogens with zero attached hydrogens (tertiary/aromatic N) is 5. The predicted octanol–water partition coefficient (Wildman–Crippen LogP) is 4.36. The first-order chi connectivity index (χ1) is 16.2. The van der Waals surface area contributed by atoms with Crippen LogP contribution in [0.3, 0.4) is 0 Å². The van der Waals surface area contributed by atoms with E-state index in [4.69, 9.17) is 15.5 Å². The van der Waals surface area contributed by atoms with Gasteiger partial charge in [-0.1, -0.05) is 0 Å². The summed E-state index contributed by atoms with van der Waals surface area (Å²) in [5.74, 6) is 1.04. The third-order valence-corrected chi connectivity index (χ3v) is 6.55. The van der Waals surface area contributed by atoms with Crippen molar-refractivity contribution in [1.29, 1.82) is 10.5 Å². The average molecular weight is 438 g/mol. The number of hydrogen-bond acceptors (Lipinski definition) is 5. The fourth-order valence-electron chi connectivity index (χ4n) is 4.85. The fraction of sp³-hybridized carbons (Fsp3) is 0.320. The molecule has 1 aliphatic carbocycles. The molecule has 0 bridgehead atoms. The lowest BCUT2D eigenvalue weighted by Gasteiger charge is -2.30. The lowest BCUT2D eigenvalue weighted by atomic mass is 9.84. The Kier molecular flexibility index (Phi) is 5.50. The zero-order valence-corrected chi connectivity index (χ0v) is 18.1. The predicted molar refractivity (Wildman–Crippen MR) is 123 cm³/mol. The second-order valence-electron chi connectivity index (χ2n) is 8.54. The van der Waals surface area contributed by atoms with E-state index in [0.717, 1.165) is 53.6 Å². The number of nitrogens with one attached hydrogen (secondary N) is 2. The van der Waals surface area contributed by atoms with Gasteiger partial charge in [0.05, 0.1) is 36.0 Å². The molecule has 0 radical (unpaired) electrons. The van der Waals surface area contributed by atoms with Gasteiger partial charge < -0.3 is 14.9 Å². The van der Waals surface area contributed by atoms with E-state index in [-0.39, 0.29) is 18.5 Å². The van der Waals surface area contributed by atoms with Crippen molar-refractivity contribution >= 4 is 28.0 Å². The van der Waals surface area contributed by atoms with Crippen molar-refractivity contribution in [3.05, 3.63) is 59.7 Å². The Morgan fingerprint density at radius 2 is 1.94 bits per heavy atom. The summed E-state index contributed by atoms with van der Waals surface area (Å²) in [6.45, 7) is 0.289. The van der Waals surface area contributed by atoms with Crippen LogP contribution in [0.15, 0.2) is 42.7 Å². The highest BCUT2D eigenvalue weighted by atomic mass is 16.1.